The summed E-state index contributed by atoms with van der Waals surface area (Å²) in [4.78, 5) is 23.0. The number of hydrogen-bond donors (Lipinski definition) is 0. The van der Waals surface area contributed by atoms with Gasteiger partial charge in [-0.05, 0) is 25.5 Å². The maximum atomic E-state index is 12.1. The molecule has 1 saturated heterocycles. The van der Waals surface area contributed by atoms with Crippen LogP contribution in [0.3, 0.4) is 0 Å². The predicted octanol–water partition coefficient (Wildman–Crippen LogP) is 1.55. The normalized spacial score (nSPS) is 18.6. The molecule has 2 aromatic rings. The summed E-state index contributed by atoms with van der Waals surface area (Å²) in [6.07, 6.45) is 3.18. The van der Waals surface area contributed by atoms with Crippen molar-refractivity contribution in [2.75, 3.05) is 26.8 Å². The number of hydrogen-bond acceptors (Lipinski definition) is 4. The molecular formula is C15H20N4O2. The Hall–Kier alpha value is -1.95. The van der Waals surface area contributed by atoms with E-state index in [1.807, 2.05) is 24.0 Å². The van der Waals surface area contributed by atoms with Crippen molar-refractivity contribution in [2.24, 2.45) is 0 Å². The fourth-order valence-corrected chi connectivity index (χ4v) is 3.01. The lowest BCUT2D eigenvalue weighted by Crippen LogP contribution is -2.29. The van der Waals surface area contributed by atoms with E-state index in [4.69, 9.17) is 4.74 Å². The maximum Gasteiger partial charge on any atom is 0.224 e. The number of carbonyl (C=O) groups is 1. The monoisotopic (exact) mass is 288 g/mol. The molecular weight excluding hydrogens is 268 g/mol. The van der Waals surface area contributed by atoms with E-state index < -0.39 is 0 Å². The lowest BCUT2D eigenvalue weighted by atomic mass is 10.2. The molecule has 3 rings (SSSR count). The third-order valence-electron chi connectivity index (χ3n) is 4.03. The molecule has 112 valence electrons. The second-order valence-electron chi connectivity index (χ2n) is 5.40. The van der Waals surface area contributed by atoms with E-state index in [9.17, 15) is 4.79 Å². The van der Waals surface area contributed by atoms with Gasteiger partial charge in [-0.3, -0.25) is 4.79 Å². The van der Waals surface area contributed by atoms with Crippen molar-refractivity contribution in [3.8, 4) is 0 Å². The summed E-state index contributed by atoms with van der Waals surface area (Å²) in [5, 5.41) is 0. The van der Waals surface area contributed by atoms with Crippen molar-refractivity contribution < 1.29 is 9.53 Å². The lowest BCUT2D eigenvalue weighted by molar-refractivity contribution is -0.131. The van der Waals surface area contributed by atoms with Gasteiger partial charge < -0.3 is 14.2 Å². The number of rotatable bonds is 4. The zero-order chi connectivity index (χ0) is 14.8. The number of carbonyl (C=O) groups excluding carboxylic acids is 1. The third-order valence-corrected chi connectivity index (χ3v) is 4.03. The second kappa shape index (κ2) is 5.81. The van der Waals surface area contributed by atoms with Gasteiger partial charge in [0.05, 0.1) is 19.1 Å². The molecule has 1 aliphatic rings. The molecule has 1 fully saturated rings. The zero-order valence-electron chi connectivity index (χ0n) is 12.5. The van der Waals surface area contributed by atoms with E-state index in [2.05, 4.69) is 14.5 Å². The van der Waals surface area contributed by atoms with E-state index in [0.717, 1.165) is 36.5 Å². The molecule has 0 radical (unpaired) electrons. The van der Waals surface area contributed by atoms with Crippen LogP contribution in [0.5, 0.6) is 0 Å². The molecule has 1 amide bonds. The van der Waals surface area contributed by atoms with E-state index in [1.165, 1.54) is 0 Å². The highest BCUT2D eigenvalue weighted by molar-refractivity contribution is 5.77. The SMILES string of the molecule is COCCC(=O)N1CCC(n2c(C)nc3cccnc32)C1. The van der Waals surface area contributed by atoms with E-state index >= 15 is 0 Å². The molecule has 6 heteroatoms. The van der Waals surface area contributed by atoms with Gasteiger partial charge in [-0.2, -0.15) is 0 Å². The zero-order valence-corrected chi connectivity index (χ0v) is 12.5. The topological polar surface area (TPSA) is 60.2 Å². The quantitative estimate of drug-likeness (QED) is 0.856. The minimum Gasteiger partial charge on any atom is -0.384 e. The Morgan fingerprint density at radius 2 is 2.38 bits per heavy atom. The largest absolute Gasteiger partial charge is 0.384 e. The molecule has 1 atom stereocenters. The molecule has 2 aromatic heterocycles. The Morgan fingerprint density at radius 3 is 3.19 bits per heavy atom. The van der Waals surface area contributed by atoms with Crippen molar-refractivity contribution in [2.45, 2.75) is 25.8 Å². The van der Waals surface area contributed by atoms with Gasteiger partial charge in [-0.1, -0.05) is 0 Å². The molecule has 21 heavy (non-hydrogen) atoms. The van der Waals surface area contributed by atoms with E-state index in [1.54, 1.807) is 13.3 Å². The van der Waals surface area contributed by atoms with Crippen molar-refractivity contribution >= 4 is 17.1 Å². The first-order valence-electron chi connectivity index (χ1n) is 7.27. The molecule has 0 aromatic carbocycles. The van der Waals surface area contributed by atoms with Crippen LogP contribution < -0.4 is 0 Å². The van der Waals surface area contributed by atoms with Gasteiger partial charge in [0.1, 0.15) is 11.3 Å². The first-order valence-corrected chi connectivity index (χ1v) is 7.27. The molecule has 0 spiro atoms. The van der Waals surface area contributed by atoms with Gasteiger partial charge in [0.15, 0.2) is 5.65 Å². The minimum atomic E-state index is 0.161. The van der Waals surface area contributed by atoms with Crippen LogP contribution in [0, 0.1) is 6.92 Å². The van der Waals surface area contributed by atoms with Gasteiger partial charge in [-0.15, -0.1) is 0 Å². The number of aromatic nitrogens is 3. The predicted molar refractivity (Wildman–Crippen MR) is 79.0 cm³/mol. The first-order chi connectivity index (χ1) is 10.2. The number of methoxy groups -OCH3 is 1. The molecule has 0 N–H and O–H groups in total. The number of ether oxygens (including phenoxy) is 1. The molecule has 0 aliphatic carbocycles. The highest BCUT2D eigenvalue weighted by Crippen LogP contribution is 2.27. The van der Waals surface area contributed by atoms with Gasteiger partial charge in [0.25, 0.3) is 0 Å². The fraction of sp³-hybridized carbons (Fsp3) is 0.533. The molecule has 0 saturated carbocycles. The minimum absolute atomic E-state index is 0.161. The molecule has 1 aliphatic heterocycles. The molecule has 3 heterocycles. The van der Waals surface area contributed by atoms with Gasteiger partial charge in [0, 0.05) is 26.4 Å². The second-order valence-corrected chi connectivity index (χ2v) is 5.40. The van der Waals surface area contributed by atoms with Crippen molar-refractivity contribution in [1.29, 1.82) is 0 Å². The summed E-state index contributed by atoms with van der Waals surface area (Å²) < 4.78 is 7.14. The van der Waals surface area contributed by atoms with Gasteiger partial charge >= 0.3 is 0 Å². The van der Waals surface area contributed by atoms with Gasteiger partial charge in [-0.25, -0.2) is 9.97 Å². The summed E-state index contributed by atoms with van der Waals surface area (Å²) in [7, 11) is 1.62. The van der Waals surface area contributed by atoms with Crippen LogP contribution in [-0.2, 0) is 9.53 Å². The number of imidazole rings is 1. The van der Waals surface area contributed by atoms with Crippen LogP contribution in [0.15, 0.2) is 18.3 Å². The van der Waals surface area contributed by atoms with Crippen LogP contribution in [0.1, 0.15) is 24.7 Å². The Morgan fingerprint density at radius 1 is 1.52 bits per heavy atom. The number of nitrogens with zero attached hydrogens (tertiary/aromatic N) is 4. The number of likely N-dealkylation sites (tertiary alicyclic amines) is 1. The Kier molecular flexibility index (Phi) is 3.88. The highest BCUT2D eigenvalue weighted by Gasteiger charge is 2.29. The Balaban J connectivity index is 1.79. The van der Waals surface area contributed by atoms with Crippen LogP contribution in [0.2, 0.25) is 0 Å². The molecule has 6 nitrogen and oxygen atoms in total. The summed E-state index contributed by atoms with van der Waals surface area (Å²) in [5.74, 6) is 1.12. The summed E-state index contributed by atoms with van der Waals surface area (Å²) in [6, 6.07) is 4.13. The average Bonchev–Trinajstić information content (AvgIpc) is 3.07. The third kappa shape index (κ3) is 2.63. The highest BCUT2D eigenvalue weighted by atomic mass is 16.5. The standard InChI is InChI=1S/C15H20N4O2/c1-11-17-13-4-3-7-16-15(13)19(11)12-5-8-18(10-12)14(20)6-9-21-2/h3-4,7,12H,5-6,8-10H2,1-2H3. The lowest BCUT2D eigenvalue weighted by Gasteiger charge is -2.18. The molecule has 1 unspecified atom stereocenters. The van der Waals surface area contributed by atoms with Crippen LogP contribution in [-0.4, -0.2) is 52.1 Å². The maximum absolute atomic E-state index is 12.1. The fourth-order valence-electron chi connectivity index (χ4n) is 3.01. The first kappa shape index (κ1) is 14.0. The number of amides is 1. The number of fused-ring (bicyclic) bond motifs is 1. The molecule has 0 bridgehead atoms. The van der Waals surface area contributed by atoms with Gasteiger partial charge in [0.2, 0.25) is 5.91 Å². The number of aryl methyl sites for hydroxylation is 1. The summed E-state index contributed by atoms with van der Waals surface area (Å²) >= 11 is 0. The average molecular weight is 288 g/mol. The smallest absolute Gasteiger partial charge is 0.224 e. The Bertz CT molecular complexity index is 652. The van der Waals surface area contributed by atoms with E-state index in [-0.39, 0.29) is 11.9 Å². The summed E-state index contributed by atoms with van der Waals surface area (Å²) in [6.45, 7) is 4.00. The van der Waals surface area contributed by atoms with Crippen molar-refractivity contribution in [3.63, 3.8) is 0 Å². The van der Waals surface area contributed by atoms with Crippen LogP contribution >= 0.6 is 0 Å². The van der Waals surface area contributed by atoms with Crippen LogP contribution in [0.4, 0.5) is 0 Å². The summed E-state index contributed by atoms with van der Waals surface area (Å²) in [5.41, 5.74) is 1.82. The number of pyridine rings is 1. The van der Waals surface area contributed by atoms with E-state index in [0.29, 0.717) is 13.0 Å². The van der Waals surface area contributed by atoms with Crippen LogP contribution in [0.25, 0.3) is 11.2 Å². The van der Waals surface area contributed by atoms with Crippen molar-refractivity contribution in [3.05, 3.63) is 24.2 Å². The van der Waals surface area contributed by atoms with Crippen molar-refractivity contribution in [1.82, 2.24) is 19.4 Å². The Labute approximate surface area is 123 Å².